The van der Waals surface area contributed by atoms with Crippen LogP contribution in [-0.4, -0.2) is 55.1 Å². The Morgan fingerprint density at radius 3 is 2.90 bits per heavy atom. The molecule has 2 fully saturated rings. The molecule has 0 unspecified atom stereocenters. The molecule has 0 aromatic carbocycles. The number of amides is 1. The number of thiazole rings is 1. The molecule has 0 radical (unpaired) electrons. The van der Waals surface area contributed by atoms with Crippen molar-refractivity contribution in [3.8, 4) is 0 Å². The normalized spacial score (nSPS) is 23.3. The summed E-state index contributed by atoms with van der Waals surface area (Å²) >= 11 is 1.55. The summed E-state index contributed by atoms with van der Waals surface area (Å²) in [6, 6.07) is 0. The molecule has 3 heterocycles. The Hall–Kier alpha value is -1.02. The van der Waals surface area contributed by atoms with Gasteiger partial charge in [-0.25, -0.2) is 4.98 Å². The van der Waals surface area contributed by atoms with Crippen LogP contribution in [0.3, 0.4) is 0 Å². The SMILES string of the molecule is O=C([C@H]1CCOC1)N(Cc1nccs1)CC1OCCO1. The van der Waals surface area contributed by atoms with Gasteiger partial charge in [0.25, 0.3) is 0 Å². The van der Waals surface area contributed by atoms with Gasteiger partial charge in [-0.05, 0) is 6.42 Å². The highest BCUT2D eigenvalue weighted by Gasteiger charge is 2.31. The van der Waals surface area contributed by atoms with Crippen LogP contribution in [0.25, 0.3) is 0 Å². The molecule has 1 atom stereocenters. The molecule has 110 valence electrons. The summed E-state index contributed by atoms with van der Waals surface area (Å²) in [6.45, 7) is 3.33. The van der Waals surface area contributed by atoms with E-state index >= 15 is 0 Å². The van der Waals surface area contributed by atoms with E-state index in [1.54, 1.807) is 22.4 Å². The molecule has 1 aromatic rings. The van der Waals surface area contributed by atoms with E-state index in [1.807, 2.05) is 5.38 Å². The van der Waals surface area contributed by atoms with Gasteiger partial charge in [0.05, 0.1) is 38.8 Å². The van der Waals surface area contributed by atoms with Crippen molar-refractivity contribution in [2.75, 3.05) is 33.0 Å². The predicted octanol–water partition coefficient (Wildman–Crippen LogP) is 0.881. The lowest BCUT2D eigenvalue weighted by Crippen LogP contribution is -2.41. The molecule has 0 saturated carbocycles. The van der Waals surface area contributed by atoms with Crippen LogP contribution in [-0.2, 0) is 25.5 Å². The average Bonchev–Trinajstić information content (AvgIpc) is 3.20. The lowest BCUT2D eigenvalue weighted by atomic mass is 10.1. The number of ether oxygens (including phenoxy) is 3. The maximum atomic E-state index is 12.6. The molecule has 0 aliphatic carbocycles. The maximum absolute atomic E-state index is 12.6. The van der Waals surface area contributed by atoms with E-state index in [9.17, 15) is 4.79 Å². The minimum atomic E-state index is -0.318. The highest BCUT2D eigenvalue weighted by Crippen LogP contribution is 2.19. The minimum absolute atomic E-state index is 0.0450. The van der Waals surface area contributed by atoms with Crippen molar-refractivity contribution in [1.29, 1.82) is 0 Å². The first-order valence-electron chi connectivity index (χ1n) is 6.81. The van der Waals surface area contributed by atoms with Gasteiger partial charge in [0.15, 0.2) is 6.29 Å². The van der Waals surface area contributed by atoms with Crippen LogP contribution in [0.1, 0.15) is 11.4 Å². The predicted molar refractivity (Wildman–Crippen MR) is 72.1 cm³/mol. The molecule has 7 heteroatoms. The quantitative estimate of drug-likeness (QED) is 0.807. The van der Waals surface area contributed by atoms with Crippen molar-refractivity contribution in [3.63, 3.8) is 0 Å². The van der Waals surface area contributed by atoms with Crippen LogP contribution in [0, 0.1) is 5.92 Å². The number of nitrogens with zero attached hydrogens (tertiary/aromatic N) is 2. The Morgan fingerprint density at radius 2 is 2.25 bits per heavy atom. The van der Waals surface area contributed by atoms with E-state index in [4.69, 9.17) is 14.2 Å². The van der Waals surface area contributed by atoms with Gasteiger partial charge in [-0.15, -0.1) is 11.3 Å². The van der Waals surface area contributed by atoms with E-state index in [-0.39, 0.29) is 18.1 Å². The molecule has 3 rings (SSSR count). The summed E-state index contributed by atoms with van der Waals surface area (Å²) < 4.78 is 16.2. The zero-order chi connectivity index (χ0) is 13.8. The number of rotatable bonds is 5. The highest BCUT2D eigenvalue weighted by molar-refractivity contribution is 7.09. The number of carbonyl (C=O) groups excluding carboxylic acids is 1. The molecule has 0 spiro atoms. The third kappa shape index (κ3) is 3.35. The molecule has 0 N–H and O–H groups in total. The molecular formula is C13H18N2O4S. The van der Waals surface area contributed by atoms with E-state index in [1.165, 1.54) is 0 Å². The molecule has 1 aromatic heterocycles. The van der Waals surface area contributed by atoms with Crippen LogP contribution in [0.5, 0.6) is 0 Å². The van der Waals surface area contributed by atoms with Crippen molar-refractivity contribution in [2.24, 2.45) is 5.92 Å². The van der Waals surface area contributed by atoms with Gasteiger partial charge in [-0.3, -0.25) is 4.79 Å². The van der Waals surface area contributed by atoms with Crippen LogP contribution in [0.15, 0.2) is 11.6 Å². The van der Waals surface area contributed by atoms with Crippen molar-refractivity contribution in [2.45, 2.75) is 19.3 Å². The number of hydrogen-bond acceptors (Lipinski definition) is 6. The van der Waals surface area contributed by atoms with Gasteiger partial charge < -0.3 is 19.1 Å². The second kappa shape index (κ2) is 6.62. The van der Waals surface area contributed by atoms with Gasteiger partial charge >= 0.3 is 0 Å². The topological polar surface area (TPSA) is 60.9 Å². The van der Waals surface area contributed by atoms with Crippen LogP contribution in [0.2, 0.25) is 0 Å². The lowest BCUT2D eigenvalue weighted by Gasteiger charge is -2.26. The Labute approximate surface area is 121 Å². The second-order valence-electron chi connectivity index (χ2n) is 4.88. The molecule has 6 nitrogen and oxygen atoms in total. The fraction of sp³-hybridized carbons (Fsp3) is 0.692. The summed E-state index contributed by atoms with van der Waals surface area (Å²) in [7, 11) is 0. The van der Waals surface area contributed by atoms with Crippen LogP contribution < -0.4 is 0 Å². The zero-order valence-corrected chi connectivity index (χ0v) is 12.0. The van der Waals surface area contributed by atoms with Gasteiger partial charge in [-0.1, -0.05) is 0 Å². The molecule has 2 aliphatic heterocycles. The Balaban J connectivity index is 1.66. The monoisotopic (exact) mass is 298 g/mol. The van der Waals surface area contributed by atoms with E-state index in [0.717, 1.165) is 11.4 Å². The number of carbonyl (C=O) groups is 1. The molecule has 1 amide bonds. The van der Waals surface area contributed by atoms with E-state index in [0.29, 0.717) is 39.5 Å². The first-order valence-corrected chi connectivity index (χ1v) is 7.69. The lowest BCUT2D eigenvalue weighted by molar-refractivity contribution is -0.142. The number of hydrogen-bond donors (Lipinski definition) is 0. The van der Waals surface area contributed by atoms with Gasteiger partial charge in [0.1, 0.15) is 5.01 Å². The molecule has 2 aliphatic rings. The second-order valence-corrected chi connectivity index (χ2v) is 5.86. The standard InChI is InChI=1S/C13H18N2O4S/c16-13(10-1-3-17-9-10)15(7-11-14-2-6-20-11)8-12-18-4-5-19-12/h2,6,10,12H,1,3-5,7-9H2/t10-/m0/s1. The summed E-state index contributed by atoms with van der Waals surface area (Å²) in [6.07, 6.45) is 2.23. The minimum Gasteiger partial charge on any atom is -0.381 e. The maximum Gasteiger partial charge on any atom is 0.228 e. The average molecular weight is 298 g/mol. The third-order valence-corrected chi connectivity index (χ3v) is 4.22. The Kier molecular flexibility index (Phi) is 4.62. The number of aromatic nitrogens is 1. The fourth-order valence-electron chi connectivity index (χ4n) is 2.41. The third-order valence-electron chi connectivity index (χ3n) is 3.46. The van der Waals surface area contributed by atoms with Crippen molar-refractivity contribution in [3.05, 3.63) is 16.6 Å². The van der Waals surface area contributed by atoms with E-state index in [2.05, 4.69) is 4.98 Å². The summed E-state index contributed by atoms with van der Waals surface area (Å²) in [5.41, 5.74) is 0. The summed E-state index contributed by atoms with van der Waals surface area (Å²) in [5.74, 6) is 0.0631. The van der Waals surface area contributed by atoms with Gasteiger partial charge in [0, 0.05) is 18.2 Å². The van der Waals surface area contributed by atoms with Gasteiger partial charge in [-0.2, -0.15) is 0 Å². The smallest absolute Gasteiger partial charge is 0.228 e. The van der Waals surface area contributed by atoms with Crippen LogP contribution >= 0.6 is 11.3 Å². The Morgan fingerprint density at radius 1 is 1.40 bits per heavy atom. The van der Waals surface area contributed by atoms with Gasteiger partial charge in [0.2, 0.25) is 5.91 Å². The first kappa shape index (κ1) is 13.9. The molecular weight excluding hydrogens is 280 g/mol. The largest absolute Gasteiger partial charge is 0.381 e. The van der Waals surface area contributed by atoms with Crippen LogP contribution in [0.4, 0.5) is 0 Å². The molecule has 20 heavy (non-hydrogen) atoms. The van der Waals surface area contributed by atoms with Crippen molar-refractivity contribution in [1.82, 2.24) is 9.88 Å². The molecule has 0 bridgehead atoms. The van der Waals surface area contributed by atoms with E-state index < -0.39 is 0 Å². The molecule has 2 saturated heterocycles. The summed E-state index contributed by atoms with van der Waals surface area (Å²) in [4.78, 5) is 18.6. The van der Waals surface area contributed by atoms with Crippen molar-refractivity contribution < 1.29 is 19.0 Å². The first-order chi connectivity index (χ1) is 9.83. The highest BCUT2D eigenvalue weighted by atomic mass is 32.1. The summed E-state index contributed by atoms with van der Waals surface area (Å²) in [5, 5.41) is 2.84. The zero-order valence-electron chi connectivity index (χ0n) is 11.2. The Bertz CT molecular complexity index is 428. The van der Waals surface area contributed by atoms with Crippen molar-refractivity contribution >= 4 is 17.2 Å². The fourth-order valence-corrected chi connectivity index (χ4v) is 3.04.